The van der Waals surface area contributed by atoms with Gasteiger partial charge in [0.1, 0.15) is 11.9 Å². The molecule has 0 atom stereocenters. The van der Waals surface area contributed by atoms with Gasteiger partial charge in [0.15, 0.2) is 5.69 Å². The summed E-state index contributed by atoms with van der Waals surface area (Å²) < 4.78 is 37.9. The van der Waals surface area contributed by atoms with E-state index in [-0.39, 0.29) is 16.4 Å². The number of halogens is 2. The van der Waals surface area contributed by atoms with Crippen molar-refractivity contribution in [3.8, 4) is 23.0 Å². The van der Waals surface area contributed by atoms with Gasteiger partial charge in [0.05, 0.1) is 20.7 Å². The number of benzene rings is 2. The van der Waals surface area contributed by atoms with Crippen LogP contribution in [0.15, 0.2) is 57.9 Å². The van der Waals surface area contributed by atoms with E-state index in [4.69, 9.17) is 5.14 Å². The minimum Gasteiger partial charge on any atom is -0.231 e. The van der Waals surface area contributed by atoms with Crippen molar-refractivity contribution in [2.45, 2.75) is 4.90 Å². The first-order valence-corrected chi connectivity index (χ1v) is 9.23. The van der Waals surface area contributed by atoms with E-state index >= 15 is 0 Å². The summed E-state index contributed by atoms with van der Waals surface area (Å²) in [7, 11) is -3.81. The second-order valence-electron chi connectivity index (χ2n) is 5.08. The first-order valence-electron chi connectivity index (χ1n) is 6.89. The van der Waals surface area contributed by atoms with Crippen molar-refractivity contribution in [1.29, 1.82) is 5.26 Å². The Kier molecular flexibility index (Phi) is 4.43. The molecule has 3 rings (SSSR count). The quantitative estimate of drug-likeness (QED) is 0.703. The van der Waals surface area contributed by atoms with Crippen LogP contribution in [-0.4, -0.2) is 18.2 Å². The highest BCUT2D eigenvalue weighted by Crippen LogP contribution is 2.33. The topological polar surface area (TPSA) is 102 Å². The maximum atomic E-state index is 13.2. The second-order valence-corrected chi connectivity index (χ2v) is 7.44. The lowest BCUT2D eigenvalue weighted by Crippen LogP contribution is -2.12. The van der Waals surface area contributed by atoms with Crippen molar-refractivity contribution >= 4 is 26.0 Å². The number of nitrogens with two attached hydrogens (primary N) is 1. The summed E-state index contributed by atoms with van der Waals surface area (Å²) in [5.74, 6) is -0.385. The SMILES string of the molecule is N#Cc1nn(-c2ccc(S(N)(=O)=O)cc2)c(-c2ccc(F)cc2)c1Br. The van der Waals surface area contributed by atoms with E-state index in [1.165, 1.54) is 41.1 Å². The van der Waals surface area contributed by atoms with Gasteiger partial charge in [0.2, 0.25) is 10.0 Å². The van der Waals surface area contributed by atoms with Gasteiger partial charge in [-0.25, -0.2) is 22.6 Å². The van der Waals surface area contributed by atoms with E-state index in [9.17, 15) is 18.1 Å². The molecule has 1 aromatic heterocycles. The van der Waals surface area contributed by atoms with Crippen LogP contribution in [0, 0.1) is 17.1 Å². The summed E-state index contributed by atoms with van der Waals surface area (Å²) >= 11 is 3.35. The number of sulfonamides is 1. The Bertz CT molecular complexity index is 1080. The molecular weight excluding hydrogens is 411 g/mol. The monoisotopic (exact) mass is 420 g/mol. The van der Waals surface area contributed by atoms with Crippen molar-refractivity contribution in [1.82, 2.24) is 9.78 Å². The fraction of sp³-hybridized carbons (Fsp3) is 0. The lowest BCUT2D eigenvalue weighted by Gasteiger charge is -2.09. The zero-order valence-electron chi connectivity index (χ0n) is 12.5. The maximum Gasteiger partial charge on any atom is 0.238 e. The van der Waals surface area contributed by atoms with Crippen LogP contribution in [0.4, 0.5) is 4.39 Å². The van der Waals surface area contributed by atoms with Crippen molar-refractivity contribution < 1.29 is 12.8 Å². The van der Waals surface area contributed by atoms with Gasteiger partial charge >= 0.3 is 0 Å². The van der Waals surface area contributed by atoms with E-state index in [0.29, 0.717) is 21.4 Å². The molecule has 25 heavy (non-hydrogen) atoms. The molecule has 3 aromatic rings. The number of aromatic nitrogens is 2. The molecule has 0 unspecified atom stereocenters. The molecule has 0 bridgehead atoms. The summed E-state index contributed by atoms with van der Waals surface area (Å²) in [5.41, 5.74) is 1.85. The zero-order chi connectivity index (χ0) is 18.2. The number of primary sulfonamides is 1. The van der Waals surface area contributed by atoms with E-state index in [1.54, 1.807) is 12.1 Å². The number of nitriles is 1. The van der Waals surface area contributed by atoms with Gasteiger partial charge in [-0.2, -0.15) is 10.4 Å². The van der Waals surface area contributed by atoms with Crippen LogP contribution >= 0.6 is 15.9 Å². The van der Waals surface area contributed by atoms with Crippen molar-refractivity contribution in [2.75, 3.05) is 0 Å². The molecule has 0 aliphatic carbocycles. The van der Waals surface area contributed by atoms with Gasteiger partial charge in [-0.1, -0.05) is 0 Å². The highest BCUT2D eigenvalue weighted by atomic mass is 79.9. The average molecular weight is 421 g/mol. The largest absolute Gasteiger partial charge is 0.238 e. The number of hydrogen-bond donors (Lipinski definition) is 1. The van der Waals surface area contributed by atoms with Crippen LogP contribution in [0.2, 0.25) is 0 Å². The fourth-order valence-corrected chi connectivity index (χ4v) is 3.37. The molecule has 0 spiro atoms. The zero-order valence-corrected chi connectivity index (χ0v) is 14.9. The van der Waals surface area contributed by atoms with Gasteiger partial charge in [-0.15, -0.1) is 0 Å². The molecule has 0 aliphatic rings. The number of nitrogens with zero attached hydrogens (tertiary/aromatic N) is 3. The Balaban J connectivity index is 2.19. The molecule has 2 aromatic carbocycles. The molecule has 2 N–H and O–H groups in total. The van der Waals surface area contributed by atoms with Crippen LogP contribution in [0.1, 0.15) is 5.69 Å². The van der Waals surface area contributed by atoms with Gasteiger partial charge in [-0.3, -0.25) is 0 Å². The number of hydrogen-bond acceptors (Lipinski definition) is 4. The molecule has 0 saturated heterocycles. The third-order valence-corrected chi connectivity index (χ3v) is 5.14. The van der Waals surface area contributed by atoms with E-state index in [1.807, 2.05) is 6.07 Å². The Hall–Kier alpha value is -2.54. The molecule has 9 heteroatoms. The third kappa shape index (κ3) is 3.32. The van der Waals surface area contributed by atoms with Crippen molar-refractivity contribution in [3.05, 3.63) is 64.5 Å². The third-order valence-electron chi connectivity index (χ3n) is 3.46. The molecule has 1 heterocycles. The summed E-state index contributed by atoms with van der Waals surface area (Å²) in [6, 6.07) is 13.4. The number of rotatable bonds is 3. The minimum absolute atomic E-state index is 0.0358. The van der Waals surface area contributed by atoms with Gasteiger partial charge in [0, 0.05) is 5.56 Å². The van der Waals surface area contributed by atoms with Crippen molar-refractivity contribution in [3.63, 3.8) is 0 Å². The highest BCUT2D eigenvalue weighted by molar-refractivity contribution is 9.10. The first-order chi connectivity index (χ1) is 11.8. The molecular formula is C16H10BrFN4O2S. The van der Waals surface area contributed by atoms with Gasteiger partial charge < -0.3 is 0 Å². The average Bonchev–Trinajstić information content (AvgIpc) is 2.91. The molecule has 0 fully saturated rings. The van der Waals surface area contributed by atoms with Crippen LogP contribution in [0.5, 0.6) is 0 Å². The van der Waals surface area contributed by atoms with E-state index in [0.717, 1.165) is 0 Å². The highest BCUT2D eigenvalue weighted by Gasteiger charge is 2.19. The van der Waals surface area contributed by atoms with Crippen LogP contribution in [-0.2, 0) is 10.0 Å². The Morgan fingerprint density at radius 2 is 1.72 bits per heavy atom. The van der Waals surface area contributed by atoms with Crippen LogP contribution in [0.3, 0.4) is 0 Å². The lowest BCUT2D eigenvalue weighted by molar-refractivity contribution is 0.597. The summed E-state index contributed by atoms with van der Waals surface area (Å²) in [5, 5.41) is 18.6. The van der Waals surface area contributed by atoms with Gasteiger partial charge in [0.25, 0.3) is 0 Å². The summed E-state index contributed by atoms with van der Waals surface area (Å²) in [6.07, 6.45) is 0. The first kappa shape index (κ1) is 17.3. The standard InChI is InChI=1S/C16H10BrFN4O2S/c17-15-14(9-19)21-22(16(15)10-1-3-11(18)4-2-10)12-5-7-13(8-6-12)25(20,23)24/h1-8H,(H2,20,23,24). The minimum atomic E-state index is -3.81. The fourth-order valence-electron chi connectivity index (χ4n) is 2.29. The molecule has 0 amide bonds. The Labute approximate surface area is 151 Å². The predicted octanol–water partition coefficient (Wildman–Crippen LogP) is 2.96. The summed E-state index contributed by atoms with van der Waals surface area (Å²) in [4.78, 5) is -0.0358. The molecule has 126 valence electrons. The van der Waals surface area contributed by atoms with Crippen LogP contribution < -0.4 is 5.14 Å². The smallest absolute Gasteiger partial charge is 0.231 e. The Morgan fingerprint density at radius 1 is 1.12 bits per heavy atom. The maximum absolute atomic E-state index is 13.2. The second kappa shape index (κ2) is 6.40. The van der Waals surface area contributed by atoms with Gasteiger partial charge in [-0.05, 0) is 64.5 Å². The van der Waals surface area contributed by atoms with E-state index < -0.39 is 10.0 Å². The normalized spacial score (nSPS) is 11.3. The Morgan fingerprint density at radius 3 is 2.24 bits per heavy atom. The molecule has 0 radical (unpaired) electrons. The predicted molar refractivity (Wildman–Crippen MR) is 92.7 cm³/mol. The van der Waals surface area contributed by atoms with E-state index in [2.05, 4.69) is 21.0 Å². The molecule has 6 nitrogen and oxygen atoms in total. The summed E-state index contributed by atoms with van der Waals surface area (Å²) in [6.45, 7) is 0. The van der Waals surface area contributed by atoms with Crippen molar-refractivity contribution in [2.24, 2.45) is 5.14 Å². The lowest BCUT2D eigenvalue weighted by atomic mass is 10.1. The molecule has 0 saturated carbocycles. The van der Waals surface area contributed by atoms with Crippen LogP contribution in [0.25, 0.3) is 16.9 Å². The molecule has 0 aliphatic heterocycles.